The van der Waals surface area contributed by atoms with E-state index in [0.717, 1.165) is 13.1 Å². The average molecular weight is 514 g/mol. The highest BCUT2D eigenvalue weighted by atomic mass is 15.2. The normalized spacial score (nSPS) is 18.6. The Morgan fingerprint density at radius 2 is 1.44 bits per heavy atom. The minimum atomic E-state index is -0.0756. The summed E-state index contributed by atoms with van der Waals surface area (Å²) >= 11 is 0. The summed E-state index contributed by atoms with van der Waals surface area (Å²) in [5.41, 5.74) is 8.24. The van der Waals surface area contributed by atoms with Crippen molar-refractivity contribution in [3.8, 4) is 0 Å². The second-order valence-electron chi connectivity index (χ2n) is 12.2. The SMILES string of the molecule is CCCCN1C(=CC=CC2=[N+](CC)c3c(ccc4ccccc34)C2(C)C)C(C)(C)c2c1ccc1ccccc21. The van der Waals surface area contributed by atoms with Crippen molar-refractivity contribution in [2.24, 2.45) is 0 Å². The molecule has 0 bridgehead atoms. The first kappa shape index (κ1) is 25.6. The Balaban J connectivity index is 1.47. The lowest BCUT2D eigenvalue weighted by atomic mass is 9.80. The second-order valence-corrected chi connectivity index (χ2v) is 12.2. The molecule has 0 fully saturated rings. The van der Waals surface area contributed by atoms with Crippen molar-refractivity contribution < 1.29 is 4.58 Å². The fourth-order valence-electron chi connectivity index (χ4n) is 7.10. The van der Waals surface area contributed by atoms with E-state index in [-0.39, 0.29) is 10.8 Å². The van der Waals surface area contributed by atoms with E-state index in [1.807, 2.05) is 0 Å². The smallest absolute Gasteiger partial charge is 0.217 e. The van der Waals surface area contributed by atoms with Crippen LogP contribution in [0.1, 0.15) is 65.5 Å². The van der Waals surface area contributed by atoms with Crippen molar-refractivity contribution >= 4 is 38.6 Å². The van der Waals surface area contributed by atoms with Gasteiger partial charge in [0, 0.05) is 35.0 Å². The van der Waals surface area contributed by atoms with E-state index in [2.05, 4.69) is 142 Å². The Hall–Kier alpha value is -3.65. The molecule has 39 heavy (non-hydrogen) atoms. The number of benzene rings is 4. The van der Waals surface area contributed by atoms with Crippen LogP contribution in [0.15, 0.2) is 96.7 Å². The van der Waals surface area contributed by atoms with Crippen LogP contribution in [0, 0.1) is 0 Å². The zero-order valence-corrected chi connectivity index (χ0v) is 24.4. The van der Waals surface area contributed by atoms with Gasteiger partial charge in [0.1, 0.15) is 6.54 Å². The summed E-state index contributed by atoms with van der Waals surface area (Å²) in [6.07, 6.45) is 9.45. The summed E-state index contributed by atoms with van der Waals surface area (Å²) in [7, 11) is 0. The molecular weight excluding hydrogens is 472 g/mol. The van der Waals surface area contributed by atoms with Crippen LogP contribution in [-0.4, -0.2) is 23.4 Å². The molecule has 0 N–H and O–H groups in total. The van der Waals surface area contributed by atoms with Gasteiger partial charge >= 0.3 is 0 Å². The molecule has 0 unspecified atom stereocenters. The molecule has 198 valence electrons. The van der Waals surface area contributed by atoms with Crippen LogP contribution in [0.3, 0.4) is 0 Å². The van der Waals surface area contributed by atoms with E-state index in [1.165, 1.54) is 68.3 Å². The van der Waals surface area contributed by atoms with Crippen molar-refractivity contribution in [2.75, 3.05) is 18.0 Å². The van der Waals surface area contributed by atoms with Crippen molar-refractivity contribution in [3.63, 3.8) is 0 Å². The van der Waals surface area contributed by atoms with Crippen LogP contribution in [-0.2, 0) is 10.8 Å². The van der Waals surface area contributed by atoms with E-state index in [9.17, 15) is 0 Å². The number of anilines is 1. The molecule has 0 aromatic heterocycles. The second kappa shape index (κ2) is 9.52. The highest BCUT2D eigenvalue weighted by Gasteiger charge is 2.45. The number of hydrogen-bond acceptors (Lipinski definition) is 1. The van der Waals surface area contributed by atoms with Gasteiger partial charge in [0.15, 0.2) is 5.71 Å². The van der Waals surface area contributed by atoms with Gasteiger partial charge in [-0.1, -0.05) is 93.9 Å². The third-order valence-corrected chi connectivity index (χ3v) is 9.09. The van der Waals surface area contributed by atoms with Crippen LogP contribution < -0.4 is 4.90 Å². The molecule has 2 aliphatic heterocycles. The van der Waals surface area contributed by atoms with Crippen molar-refractivity contribution in [3.05, 3.63) is 108 Å². The van der Waals surface area contributed by atoms with Gasteiger partial charge in [0.05, 0.1) is 10.8 Å². The lowest BCUT2D eigenvalue weighted by Crippen LogP contribution is -2.28. The van der Waals surface area contributed by atoms with Crippen LogP contribution in [0.25, 0.3) is 21.5 Å². The quantitative estimate of drug-likeness (QED) is 0.233. The molecule has 2 nitrogen and oxygen atoms in total. The first-order valence-corrected chi connectivity index (χ1v) is 14.7. The Morgan fingerprint density at radius 3 is 2.15 bits per heavy atom. The summed E-state index contributed by atoms with van der Waals surface area (Å²) in [5, 5.41) is 5.35. The molecule has 6 rings (SSSR count). The maximum Gasteiger partial charge on any atom is 0.217 e. The van der Waals surface area contributed by atoms with Crippen LogP contribution >= 0.6 is 0 Å². The molecule has 0 saturated heterocycles. The van der Waals surface area contributed by atoms with Crippen molar-refractivity contribution in [2.45, 2.75) is 65.2 Å². The van der Waals surface area contributed by atoms with Gasteiger partial charge in [0.2, 0.25) is 5.69 Å². The lowest BCUT2D eigenvalue weighted by Gasteiger charge is -2.27. The zero-order chi connectivity index (χ0) is 27.4. The number of allylic oxidation sites excluding steroid dienone is 4. The van der Waals surface area contributed by atoms with Crippen LogP contribution in [0.2, 0.25) is 0 Å². The fourth-order valence-corrected chi connectivity index (χ4v) is 7.10. The minimum absolute atomic E-state index is 0.0589. The minimum Gasteiger partial charge on any atom is -0.344 e. The molecule has 0 radical (unpaired) electrons. The number of unbranched alkanes of at least 4 members (excludes halogenated alkanes) is 1. The largest absolute Gasteiger partial charge is 0.344 e. The molecule has 0 aliphatic carbocycles. The van der Waals surface area contributed by atoms with E-state index >= 15 is 0 Å². The molecular formula is C37H41N2+. The summed E-state index contributed by atoms with van der Waals surface area (Å²) in [5.74, 6) is 0. The fraction of sp³-hybridized carbons (Fsp3) is 0.324. The van der Waals surface area contributed by atoms with Gasteiger partial charge < -0.3 is 4.90 Å². The Labute approximate surface area is 234 Å². The molecule has 4 aromatic carbocycles. The highest BCUT2D eigenvalue weighted by molar-refractivity contribution is 6.07. The molecule has 0 amide bonds. The predicted molar refractivity (Wildman–Crippen MR) is 169 cm³/mol. The number of rotatable bonds is 6. The third kappa shape index (κ3) is 3.87. The highest BCUT2D eigenvalue weighted by Crippen LogP contribution is 2.51. The number of hydrogen-bond donors (Lipinski definition) is 0. The lowest BCUT2D eigenvalue weighted by molar-refractivity contribution is -0.431. The van der Waals surface area contributed by atoms with E-state index in [1.54, 1.807) is 0 Å². The van der Waals surface area contributed by atoms with Gasteiger partial charge in [-0.15, -0.1) is 0 Å². The first-order valence-electron chi connectivity index (χ1n) is 14.7. The summed E-state index contributed by atoms with van der Waals surface area (Å²) in [6.45, 7) is 16.1. The Bertz CT molecular complexity index is 1680. The Kier molecular flexibility index (Phi) is 6.25. The molecule has 2 heteroatoms. The van der Waals surface area contributed by atoms with Gasteiger partial charge in [0.25, 0.3) is 0 Å². The number of fused-ring (bicyclic) bond motifs is 6. The number of nitrogens with zero attached hydrogens (tertiary/aromatic N) is 2. The Morgan fingerprint density at radius 1 is 0.769 bits per heavy atom. The van der Waals surface area contributed by atoms with Gasteiger partial charge in [-0.25, -0.2) is 0 Å². The zero-order valence-electron chi connectivity index (χ0n) is 24.4. The predicted octanol–water partition coefficient (Wildman–Crippen LogP) is 9.43. The maximum atomic E-state index is 2.58. The standard InChI is InChI=1S/C37H41N2/c1-7-9-25-39-31-24-22-26-15-10-12-17-28(26)34(31)37(5,6)33(39)20-14-19-32-36(3,4)30-23-21-27-16-11-13-18-29(27)35(30)38(32)8-2/h10-24H,7-9,25H2,1-6H3/q+1. The van der Waals surface area contributed by atoms with E-state index < -0.39 is 0 Å². The maximum absolute atomic E-state index is 2.58. The molecule has 0 atom stereocenters. The molecule has 2 aliphatic rings. The molecule has 0 saturated carbocycles. The van der Waals surface area contributed by atoms with Gasteiger partial charge in [-0.05, 0) is 67.1 Å². The van der Waals surface area contributed by atoms with E-state index in [4.69, 9.17) is 0 Å². The summed E-state index contributed by atoms with van der Waals surface area (Å²) in [6, 6.07) is 26.9. The molecule has 2 heterocycles. The van der Waals surface area contributed by atoms with Crippen LogP contribution in [0.4, 0.5) is 11.4 Å². The molecule has 0 spiro atoms. The topological polar surface area (TPSA) is 6.25 Å². The monoisotopic (exact) mass is 513 g/mol. The molecule has 4 aromatic rings. The third-order valence-electron chi connectivity index (χ3n) is 9.09. The van der Waals surface area contributed by atoms with E-state index in [0.29, 0.717) is 0 Å². The van der Waals surface area contributed by atoms with Crippen LogP contribution in [0.5, 0.6) is 0 Å². The van der Waals surface area contributed by atoms with Crippen molar-refractivity contribution in [1.82, 2.24) is 0 Å². The first-order chi connectivity index (χ1) is 18.8. The summed E-state index contributed by atoms with van der Waals surface area (Å²) < 4.78 is 2.53. The van der Waals surface area contributed by atoms with Gasteiger partial charge in [-0.3, -0.25) is 0 Å². The van der Waals surface area contributed by atoms with Gasteiger partial charge in [-0.2, -0.15) is 4.58 Å². The summed E-state index contributed by atoms with van der Waals surface area (Å²) in [4.78, 5) is 2.58. The average Bonchev–Trinajstić information content (AvgIpc) is 3.30. The van der Waals surface area contributed by atoms with Crippen molar-refractivity contribution in [1.29, 1.82) is 0 Å².